The highest BCUT2D eigenvalue weighted by Gasteiger charge is 2.08. The van der Waals surface area contributed by atoms with Gasteiger partial charge in [-0.3, -0.25) is 0 Å². The number of hydrogen-bond acceptors (Lipinski definition) is 3. The number of hydrogen-bond donors (Lipinski definition) is 2. The third-order valence-corrected chi connectivity index (χ3v) is 2.53. The van der Waals surface area contributed by atoms with E-state index in [9.17, 15) is 5.11 Å². The first-order chi connectivity index (χ1) is 7.15. The second-order valence-corrected chi connectivity index (χ2v) is 3.72. The summed E-state index contributed by atoms with van der Waals surface area (Å²) in [7, 11) is 1.66. The highest BCUT2D eigenvalue weighted by Crippen LogP contribution is 2.16. The molecule has 2 N–H and O–H groups in total. The minimum absolute atomic E-state index is 0.0786. The van der Waals surface area contributed by atoms with Gasteiger partial charge in [-0.15, -0.1) is 0 Å². The standard InChI is InChI=1S/C12H19NO2/c1-9(10(2)14)13-8-11-6-4-5-7-12(11)15-3/h4-7,9-10,13-14H,8H2,1-3H3. The largest absolute Gasteiger partial charge is 0.496 e. The Morgan fingerprint density at radius 3 is 2.60 bits per heavy atom. The SMILES string of the molecule is COc1ccccc1CNC(C)C(C)O. The molecule has 0 amide bonds. The van der Waals surface area contributed by atoms with Crippen LogP contribution in [0.3, 0.4) is 0 Å². The van der Waals surface area contributed by atoms with Crippen LogP contribution >= 0.6 is 0 Å². The average molecular weight is 209 g/mol. The van der Waals surface area contributed by atoms with Gasteiger partial charge >= 0.3 is 0 Å². The first-order valence-electron chi connectivity index (χ1n) is 5.18. The Morgan fingerprint density at radius 1 is 1.33 bits per heavy atom. The molecule has 0 radical (unpaired) electrons. The molecule has 84 valence electrons. The second kappa shape index (κ2) is 5.73. The van der Waals surface area contributed by atoms with Crippen LogP contribution in [-0.4, -0.2) is 24.4 Å². The number of para-hydroxylation sites is 1. The van der Waals surface area contributed by atoms with Gasteiger partial charge in [0.25, 0.3) is 0 Å². The summed E-state index contributed by atoms with van der Waals surface area (Å²) in [6.45, 7) is 4.44. The third kappa shape index (κ3) is 3.53. The minimum atomic E-state index is -0.347. The van der Waals surface area contributed by atoms with Crippen molar-refractivity contribution in [2.45, 2.75) is 32.5 Å². The molecule has 0 aromatic heterocycles. The maximum Gasteiger partial charge on any atom is 0.123 e. The number of nitrogens with one attached hydrogen (secondary N) is 1. The Balaban J connectivity index is 2.57. The van der Waals surface area contributed by atoms with E-state index in [1.807, 2.05) is 31.2 Å². The average Bonchev–Trinajstić information content (AvgIpc) is 2.26. The van der Waals surface area contributed by atoms with E-state index < -0.39 is 0 Å². The van der Waals surface area contributed by atoms with Crippen LogP contribution < -0.4 is 10.1 Å². The second-order valence-electron chi connectivity index (χ2n) is 3.72. The summed E-state index contributed by atoms with van der Waals surface area (Å²) in [4.78, 5) is 0. The molecule has 1 aromatic rings. The number of ether oxygens (including phenoxy) is 1. The van der Waals surface area contributed by atoms with Gasteiger partial charge in [-0.2, -0.15) is 0 Å². The van der Waals surface area contributed by atoms with Crippen molar-refractivity contribution in [3.8, 4) is 5.75 Å². The fourth-order valence-electron chi connectivity index (χ4n) is 1.29. The number of aliphatic hydroxyl groups excluding tert-OH is 1. The van der Waals surface area contributed by atoms with E-state index in [0.29, 0.717) is 6.54 Å². The summed E-state index contributed by atoms with van der Waals surface area (Å²) in [5.41, 5.74) is 1.10. The van der Waals surface area contributed by atoms with Crippen molar-refractivity contribution in [3.05, 3.63) is 29.8 Å². The van der Waals surface area contributed by atoms with Crippen molar-refractivity contribution in [1.82, 2.24) is 5.32 Å². The van der Waals surface area contributed by atoms with E-state index in [1.165, 1.54) is 0 Å². The maximum absolute atomic E-state index is 9.33. The molecule has 0 aliphatic carbocycles. The third-order valence-electron chi connectivity index (χ3n) is 2.53. The number of benzene rings is 1. The zero-order valence-electron chi connectivity index (χ0n) is 9.53. The number of methoxy groups -OCH3 is 1. The quantitative estimate of drug-likeness (QED) is 0.773. The molecule has 3 heteroatoms. The van der Waals surface area contributed by atoms with Crippen LogP contribution in [0.25, 0.3) is 0 Å². The Hall–Kier alpha value is -1.06. The maximum atomic E-state index is 9.33. The molecular weight excluding hydrogens is 190 g/mol. The van der Waals surface area contributed by atoms with Crippen LogP contribution in [-0.2, 0) is 6.54 Å². The summed E-state index contributed by atoms with van der Waals surface area (Å²) in [5, 5.41) is 12.6. The van der Waals surface area contributed by atoms with Crippen molar-refractivity contribution in [2.75, 3.05) is 7.11 Å². The van der Waals surface area contributed by atoms with Crippen molar-refractivity contribution < 1.29 is 9.84 Å². The van der Waals surface area contributed by atoms with Crippen LogP contribution in [0.2, 0.25) is 0 Å². The molecule has 1 rings (SSSR count). The zero-order chi connectivity index (χ0) is 11.3. The fourth-order valence-corrected chi connectivity index (χ4v) is 1.29. The molecule has 0 spiro atoms. The van der Waals surface area contributed by atoms with Gasteiger partial charge in [0.15, 0.2) is 0 Å². The summed E-state index contributed by atoms with van der Waals surface area (Å²) < 4.78 is 5.24. The molecule has 0 aliphatic heterocycles. The topological polar surface area (TPSA) is 41.5 Å². The van der Waals surface area contributed by atoms with Crippen LogP contribution in [0.4, 0.5) is 0 Å². The lowest BCUT2D eigenvalue weighted by atomic mass is 10.1. The van der Waals surface area contributed by atoms with Gasteiger partial charge in [0.2, 0.25) is 0 Å². The van der Waals surface area contributed by atoms with Crippen LogP contribution in [0.5, 0.6) is 5.75 Å². The smallest absolute Gasteiger partial charge is 0.123 e. The normalized spacial score (nSPS) is 14.7. The van der Waals surface area contributed by atoms with Gasteiger partial charge in [-0.1, -0.05) is 18.2 Å². The Labute approximate surface area is 91.1 Å². The molecule has 0 bridgehead atoms. The lowest BCUT2D eigenvalue weighted by Crippen LogP contribution is -2.34. The first-order valence-corrected chi connectivity index (χ1v) is 5.18. The monoisotopic (exact) mass is 209 g/mol. The molecule has 0 aliphatic rings. The van der Waals surface area contributed by atoms with Crippen molar-refractivity contribution in [2.24, 2.45) is 0 Å². The van der Waals surface area contributed by atoms with E-state index in [0.717, 1.165) is 11.3 Å². The van der Waals surface area contributed by atoms with E-state index in [4.69, 9.17) is 4.74 Å². The van der Waals surface area contributed by atoms with Crippen LogP contribution in [0, 0.1) is 0 Å². The Bertz CT molecular complexity index is 299. The van der Waals surface area contributed by atoms with Crippen LogP contribution in [0.1, 0.15) is 19.4 Å². The Morgan fingerprint density at radius 2 is 2.00 bits per heavy atom. The molecule has 3 nitrogen and oxygen atoms in total. The summed E-state index contributed by atoms with van der Waals surface area (Å²) in [6.07, 6.45) is -0.347. The van der Waals surface area contributed by atoms with Crippen molar-refractivity contribution in [1.29, 1.82) is 0 Å². The molecular formula is C12H19NO2. The molecule has 2 atom stereocenters. The van der Waals surface area contributed by atoms with Gasteiger partial charge in [-0.25, -0.2) is 0 Å². The lowest BCUT2D eigenvalue weighted by Gasteiger charge is -2.17. The zero-order valence-corrected chi connectivity index (χ0v) is 9.53. The predicted molar refractivity (Wildman–Crippen MR) is 61.0 cm³/mol. The van der Waals surface area contributed by atoms with E-state index in [1.54, 1.807) is 14.0 Å². The molecule has 2 unspecified atom stereocenters. The van der Waals surface area contributed by atoms with Crippen molar-refractivity contribution >= 4 is 0 Å². The number of rotatable bonds is 5. The van der Waals surface area contributed by atoms with E-state index >= 15 is 0 Å². The highest BCUT2D eigenvalue weighted by atomic mass is 16.5. The molecule has 0 saturated heterocycles. The number of aliphatic hydroxyl groups is 1. The molecule has 0 saturated carbocycles. The predicted octanol–water partition coefficient (Wildman–Crippen LogP) is 1.55. The first kappa shape index (κ1) is 12.0. The van der Waals surface area contributed by atoms with E-state index in [-0.39, 0.29) is 12.1 Å². The molecule has 15 heavy (non-hydrogen) atoms. The van der Waals surface area contributed by atoms with Crippen molar-refractivity contribution in [3.63, 3.8) is 0 Å². The summed E-state index contributed by atoms with van der Waals surface area (Å²) >= 11 is 0. The highest BCUT2D eigenvalue weighted by molar-refractivity contribution is 5.32. The van der Waals surface area contributed by atoms with Crippen LogP contribution in [0.15, 0.2) is 24.3 Å². The van der Waals surface area contributed by atoms with Gasteiger partial charge in [-0.05, 0) is 19.9 Å². The summed E-state index contributed by atoms with van der Waals surface area (Å²) in [5.74, 6) is 0.878. The minimum Gasteiger partial charge on any atom is -0.496 e. The fraction of sp³-hybridized carbons (Fsp3) is 0.500. The lowest BCUT2D eigenvalue weighted by molar-refractivity contribution is 0.152. The molecule has 0 heterocycles. The van der Waals surface area contributed by atoms with Gasteiger partial charge in [0, 0.05) is 18.2 Å². The van der Waals surface area contributed by atoms with E-state index in [2.05, 4.69) is 5.32 Å². The van der Waals surface area contributed by atoms with Gasteiger partial charge in [0.05, 0.1) is 13.2 Å². The molecule has 1 aromatic carbocycles. The van der Waals surface area contributed by atoms with Gasteiger partial charge in [0.1, 0.15) is 5.75 Å². The van der Waals surface area contributed by atoms with Gasteiger partial charge < -0.3 is 15.2 Å². The Kier molecular flexibility index (Phi) is 4.59. The summed E-state index contributed by atoms with van der Waals surface area (Å²) in [6, 6.07) is 7.95. The molecule has 0 fully saturated rings.